The highest BCUT2D eigenvalue weighted by molar-refractivity contribution is 8.02. The molecule has 3 N–H and O–H groups in total. The number of rotatable bonds is 10. The largest absolute Gasteiger partial charge is 0.396 e. The Labute approximate surface area is 200 Å². The Morgan fingerprint density at radius 3 is 2.55 bits per heavy atom. The normalized spacial score (nSPS) is 32.2. The molecule has 3 amide bonds. The molecule has 2 unspecified atom stereocenters. The molecule has 3 fully saturated rings. The van der Waals surface area contributed by atoms with Crippen LogP contribution in [0.15, 0.2) is 30.3 Å². The fraction of sp³-hybridized carbons (Fsp3) is 0.640. The second-order valence-electron chi connectivity index (χ2n) is 9.71. The van der Waals surface area contributed by atoms with Crippen molar-refractivity contribution in [3.63, 3.8) is 0 Å². The second kappa shape index (κ2) is 9.66. The summed E-state index contributed by atoms with van der Waals surface area (Å²) >= 11 is 1.70. The van der Waals surface area contributed by atoms with E-state index >= 15 is 0 Å². The Balaban J connectivity index is 1.59. The van der Waals surface area contributed by atoms with Crippen LogP contribution >= 0.6 is 11.8 Å². The molecule has 1 aromatic carbocycles. The van der Waals surface area contributed by atoms with Crippen LogP contribution in [0.5, 0.6) is 0 Å². The number of amides is 3. The molecule has 2 bridgehead atoms. The van der Waals surface area contributed by atoms with E-state index < -0.39 is 22.6 Å². The number of nitrogens with zero attached hydrogens (tertiary/aromatic N) is 1. The van der Waals surface area contributed by atoms with Crippen LogP contribution in [-0.2, 0) is 20.9 Å². The highest BCUT2D eigenvalue weighted by Crippen LogP contribution is 2.71. The average molecular weight is 474 g/mol. The number of carbonyl (C=O) groups is 3. The highest BCUT2D eigenvalue weighted by atomic mass is 32.2. The van der Waals surface area contributed by atoms with Crippen molar-refractivity contribution in [3.05, 3.63) is 35.9 Å². The molecule has 4 rings (SSSR count). The molecule has 33 heavy (non-hydrogen) atoms. The van der Waals surface area contributed by atoms with Gasteiger partial charge in [-0.2, -0.15) is 0 Å². The molecule has 3 aliphatic rings. The molecule has 5 atom stereocenters. The number of aliphatic hydroxyl groups is 1. The lowest BCUT2D eigenvalue weighted by atomic mass is 9.66. The zero-order valence-electron chi connectivity index (χ0n) is 19.5. The SMILES string of the molecule is CNC(=O)[C@H]1[C@H]2C(=O)N(CCCCCCO)C(C(=O)NCc3ccccc3)C23CC[C@]1(C)S3. The molecule has 0 aliphatic carbocycles. The summed E-state index contributed by atoms with van der Waals surface area (Å²) in [5.41, 5.74) is 1.01. The standard InChI is InChI=1S/C25H35N3O4S/c1-24-12-13-25(33-24)19(18(24)21(30)26-2)23(32)28(14-8-3-4-9-15-29)20(25)22(31)27-16-17-10-6-5-7-11-17/h5-7,10-11,18-20,29H,3-4,8-9,12-16H2,1-2H3,(H,26,30)(H,27,31)/t18-,19+,20?,24+,25?/m1/s1. The first-order valence-electron chi connectivity index (χ1n) is 12.0. The third kappa shape index (κ3) is 4.16. The number of aliphatic hydroxyl groups excluding tert-OH is 1. The summed E-state index contributed by atoms with van der Waals surface area (Å²) in [5, 5.41) is 14.9. The minimum absolute atomic E-state index is 0.0541. The third-order valence-corrected chi connectivity index (χ3v) is 9.66. The Morgan fingerprint density at radius 2 is 1.85 bits per heavy atom. The monoisotopic (exact) mass is 473 g/mol. The fourth-order valence-corrected chi connectivity index (χ4v) is 8.51. The van der Waals surface area contributed by atoms with Gasteiger partial charge in [-0.05, 0) is 38.2 Å². The van der Waals surface area contributed by atoms with Gasteiger partial charge in [0.15, 0.2) is 0 Å². The van der Waals surface area contributed by atoms with Crippen LogP contribution in [0.25, 0.3) is 0 Å². The first kappa shape index (κ1) is 24.1. The summed E-state index contributed by atoms with van der Waals surface area (Å²) in [6.07, 6.45) is 4.91. The number of benzene rings is 1. The molecule has 1 spiro atoms. The Morgan fingerprint density at radius 1 is 1.12 bits per heavy atom. The molecular formula is C25H35N3O4S. The molecule has 180 valence electrons. The van der Waals surface area contributed by atoms with E-state index in [1.54, 1.807) is 23.7 Å². The van der Waals surface area contributed by atoms with Crippen LogP contribution in [-0.4, -0.2) is 63.5 Å². The molecule has 0 aromatic heterocycles. The van der Waals surface area contributed by atoms with Crippen molar-refractivity contribution in [2.75, 3.05) is 20.2 Å². The van der Waals surface area contributed by atoms with Crippen LogP contribution < -0.4 is 10.6 Å². The van der Waals surface area contributed by atoms with E-state index in [1.165, 1.54) is 0 Å². The number of fused-ring (bicyclic) bond motifs is 1. The Kier molecular flexibility index (Phi) is 7.05. The van der Waals surface area contributed by atoms with Gasteiger partial charge in [-0.15, -0.1) is 11.8 Å². The van der Waals surface area contributed by atoms with Gasteiger partial charge in [-0.1, -0.05) is 43.2 Å². The average Bonchev–Trinajstić information content (AvgIpc) is 3.38. The van der Waals surface area contributed by atoms with E-state index in [0.29, 0.717) is 13.1 Å². The molecule has 1 aromatic rings. The number of nitrogens with one attached hydrogen (secondary N) is 2. The van der Waals surface area contributed by atoms with Gasteiger partial charge in [-0.3, -0.25) is 14.4 Å². The summed E-state index contributed by atoms with van der Waals surface area (Å²) in [5.74, 6) is -1.16. The summed E-state index contributed by atoms with van der Waals surface area (Å²) in [7, 11) is 1.62. The van der Waals surface area contributed by atoms with Crippen LogP contribution in [0.4, 0.5) is 0 Å². The molecule has 3 aliphatic heterocycles. The van der Waals surface area contributed by atoms with Crippen LogP contribution in [0.3, 0.4) is 0 Å². The topological polar surface area (TPSA) is 98.7 Å². The van der Waals surface area contributed by atoms with Crippen molar-refractivity contribution in [1.29, 1.82) is 0 Å². The fourth-order valence-electron chi connectivity index (χ4n) is 6.15. The lowest BCUT2D eigenvalue weighted by Gasteiger charge is -2.34. The zero-order chi connectivity index (χ0) is 23.6. The van der Waals surface area contributed by atoms with Crippen LogP contribution in [0.1, 0.15) is 51.0 Å². The van der Waals surface area contributed by atoms with Crippen LogP contribution in [0.2, 0.25) is 0 Å². The van der Waals surface area contributed by atoms with Crippen molar-refractivity contribution in [2.24, 2.45) is 11.8 Å². The first-order chi connectivity index (χ1) is 15.9. The maximum atomic E-state index is 13.8. The van der Waals surface area contributed by atoms with Gasteiger partial charge in [0.1, 0.15) is 6.04 Å². The van der Waals surface area contributed by atoms with Crippen molar-refractivity contribution in [2.45, 2.75) is 67.5 Å². The van der Waals surface area contributed by atoms with Crippen molar-refractivity contribution < 1.29 is 19.5 Å². The van der Waals surface area contributed by atoms with Crippen molar-refractivity contribution in [1.82, 2.24) is 15.5 Å². The van der Waals surface area contributed by atoms with Gasteiger partial charge in [0.2, 0.25) is 17.7 Å². The molecule has 0 radical (unpaired) electrons. The predicted molar refractivity (Wildman–Crippen MR) is 128 cm³/mol. The third-order valence-electron chi connectivity index (χ3n) is 7.67. The summed E-state index contributed by atoms with van der Waals surface area (Å²) in [6.45, 7) is 3.16. The van der Waals surface area contributed by atoms with Gasteiger partial charge in [0.25, 0.3) is 0 Å². The molecule has 7 nitrogen and oxygen atoms in total. The van der Waals surface area contributed by atoms with E-state index in [4.69, 9.17) is 5.11 Å². The molecule has 0 saturated carbocycles. The Hall–Kier alpha value is -2.06. The number of carbonyl (C=O) groups excluding carboxylic acids is 3. The smallest absolute Gasteiger partial charge is 0.244 e. The first-order valence-corrected chi connectivity index (χ1v) is 12.8. The molecule has 3 saturated heterocycles. The minimum Gasteiger partial charge on any atom is -0.396 e. The quantitative estimate of drug-likeness (QED) is 0.452. The number of hydrogen-bond donors (Lipinski definition) is 3. The van der Waals surface area contributed by atoms with E-state index in [9.17, 15) is 14.4 Å². The van der Waals surface area contributed by atoms with E-state index in [1.807, 2.05) is 30.3 Å². The maximum absolute atomic E-state index is 13.8. The van der Waals surface area contributed by atoms with Gasteiger partial charge in [0.05, 0.1) is 16.6 Å². The van der Waals surface area contributed by atoms with Gasteiger partial charge < -0.3 is 20.6 Å². The maximum Gasteiger partial charge on any atom is 0.244 e. The van der Waals surface area contributed by atoms with E-state index in [-0.39, 0.29) is 29.1 Å². The van der Waals surface area contributed by atoms with Crippen molar-refractivity contribution >= 4 is 29.5 Å². The lowest BCUT2D eigenvalue weighted by Crippen LogP contribution is -2.53. The molecular weight excluding hydrogens is 438 g/mol. The highest BCUT2D eigenvalue weighted by Gasteiger charge is 2.76. The van der Waals surface area contributed by atoms with E-state index in [2.05, 4.69) is 17.6 Å². The van der Waals surface area contributed by atoms with Crippen molar-refractivity contribution in [3.8, 4) is 0 Å². The second-order valence-corrected chi connectivity index (χ2v) is 11.6. The zero-order valence-corrected chi connectivity index (χ0v) is 20.3. The molecule has 3 heterocycles. The number of thioether (sulfide) groups is 1. The van der Waals surface area contributed by atoms with Gasteiger partial charge >= 0.3 is 0 Å². The minimum atomic E-state index is -0.571. The molecule has 8 heteroatoms. The van der Waals surface area contributed by atoms with Crippen LogP contribution in [0, 0.1) is 11.8 Å². The summed E-state index contributed by atoms with van der Waals surface area (Å²) < 4.78 is -0.888. The number of unbranched alkanes of at least 4 members (excludes halogenated alkanes) is 3. The number of hydrogen-bond acceptors (Lipinski definition) is 5. The lowest BCUT2D eigenvalue weighted by molar-refractivity contribution is -0.140. The predicted octanol–water partition coefficient (Wildman–Crippen LogP) is 2.08. The van der Waals surface area contributed by atoms with E-state index in [0.717, 1.165) is 44.1 Å². The number of likely N-dealkylation sites (tertiary alicyclic amines) is 1. The van der Waals surface area contributed by atoms with Gasteiger partial charge in [-0.25, -0.2) is 0 Å². The Bertz CT molecular complexity index is 897. The summed E-state index contributed by atoms with van der Waals surface area (Å²) in [4.78, 5) is 42.1. The van der Waals surface area contributed by atoms with Gasteiger partial charge in [0, 0.05) is 31.5 Å². The summed E-state index contributed by atoms with van der Waals surface area (Å²) in [6, 6.07) is 9.19.